The zero-order chi connectivity index (χ0) is 18.5. The third-order valence-electron chi connectivity index (χ3n) is 2.99. The molecule has 0 bridgehead atoms. The van der Waals surface area contributed by atoms with Gasteiger partial charge in [-0.3, -0.25) is 19.7 Å². The number of hydrogen-bond acceptors (Lipinski definition) is 7. The highest BCUT2D eigenvalue weighted by molar-refractivity contribution is 7.99. The first-order valence-electron chi connectivity index (χ1n) is 8.29. The summed E-state index contributed by atoms with van der Waals surface area (Å²) in [4.78, 5) is 35.3. The molecule has 140 valence electrons. The number of hydrogen-bond donors (Lipinski definition) is 2. The first kappa shape index (κ1) is 22.9. The fourth-order valence-corrected chi connectivity index (χ4v) is 2.61. The summed E-state index contributed by atoms with van der Waals surface area (Å²) >= 11 is 1.73. The Morgan fingerprint density at radius 1 is 1.17 bits per heavy atom. The SMILES string of the molecule is CCOC(=O)CCC(=O)NC(=O)C(OC(C)C)[C@H](N)CCSCC. The minimum absolute atomic E-state index is 0.0676. The standard InChI is InChI=1S/C16H30N2O5S/c1-5-22-14(20)8-7-13(19)18-16(21)15(23-11(3)4)12(17)9-10-24-6-2/h11-12,15H,5-10,17H2,1-4H3,(H,18,19,21)/t12-,15?/m1/s1. The van der Waals surface area contributed by atoms with Gasteiger partial charge < -0.3 is 15.2 Å². The van der Waals surface area contributed by atoms with Crippen LogP contribution in [0.2, 0.25) is 0 Å². The highest BCUT2D eigenvalue weighted by atomic mass is 32.2. The Labute approximate surface area is 148 Å². The number of nitrogens with two attached hydrogens (primary N) is 1. The lowest BCUT2D eigenvalue weighted by molar-refractivity contribution is -0.146. The summed E-state index contributed by atoms with van der Waals surface area (Å²) in [6, 6.07) is -0.496. The highest BCUT2D eigenvalue weighted by Gasteiger charge is 2.28. The number of thioether (sulfide) groups is 1. The van der Waals surface area contributed by atoms with Crippen molar-refractivity contribution >= 4 is 29.5 Å². The van der Waals surface area contributed by atoms with Crippen LogP contribution in [0.1, 0.15) is 47.0 Å². The summed E-state index contributed by atoms with van der Waals surface area (Å²) in [5, 5.41) is 2.26. The molecule has 0 radical (unpaired) electrons. The van der Waals surface area contributed by atoms with Crippen molar-refractivity contribution < 1.29 is 23.9 Å². The van der Waals surface area contributed by atoms with Gasteiger partial charge in [-0.2, -0.15) is 11.8 Å². The molecule has 0 aliphatic rings. The average Bonchev–Trinajstić information content (AvgIpc) is 2.50. The van der Waals surface area contributed by atoms with E-state index in [1.165, 1.54) is 0 Å². The molecular formula is C16H30N2O5S. The molecule has 0 aromatic rings. The molecule has 7 nitrogen and oxygen atoms in total. The maximum Gasteiger partial charge on any atom is 0.306 e. The summed E-state index contributed by atoms with van der Waals surface area (Å²) in [6.45, 7) is 7.60. The predicted octanol–water partition coefficient (Wildman–Crippen LogP) is 1.24. The lowest BCUT2D eigenvalue weighted by atomic mass is 10.1. The molecule has 0 saturated heterocycles. The number of esters is 1. The first-order valence-corrected chi connectivity index (χ1v) is 9.45. The molecule has 0 aliphatic carbocycles. The van der Waals surface area contributed by atoms with E-state index >= 15 is 0 Å². The molecule has 2 atom stereocenters. The van der Waals surface area contributed by atoms with Gasteiger partial charge in [0.15, 0.2) is 6.10 Å². The van der Waals surface area contributed by atoms with Crippen LogP contribution in [0.5, 0.6) is 0 Å². The van der Waals surface area contributed by atoms with Crippen LogP contribution < -0.4 is 11.1 Å². The van der Waals surface area contributed by atoms with E-state index in [-0.39, 0.29) is 25.6 Å². The number of amides is 2. The quantitative estimate of drug-likeness (QED) is 0.397. The molecule has 0 aromatic heterocycles. The number of nitrogens with one attached hydrogen (secondary N) is 1. The minimum atomic E-state index is -0.894. The maximum atomic E-state index is 12.3. The van der Waals surface area contributed by atoms with Crippen LogP contribution in [0.15, 0.2) is 0 Å². The molecule has 1 unspecified atom stereocenters. The van der Waals surface area contributed by atoms with Crippen molar-refractivity contribution in [1.82, 2.24) is 5.32 Å². The van der Waals surface area contributed by atoms with Gasteiger partial charge in [-0.05, 0) is 38.7 Å². The molecule has 3 N–H and O–H groups in total. The number of carbonyl (C=O) groups excluding carboxylic acids is 3. The average molecular weight is 362 g/mol. The van der Waals surface area contributed by atoms with E-state index in [4.69, 9.17) is 15.2 Å². The van der Waals surface area contributed by atoms with Gasteiger partial charge in [0.25, 0.3) is 5.91 Å². The smallest absolute Gasteiger partial charge is 0.306 e. The monoisotopic (exact) mass is 362 g/mol. The van der Waals surface area contributed by atoms with Crippen LogP contribution in [-0.4, -0.2) is 54.1 Å². The minimum Gasteiger partial charge on any atom is -0.466 e. The van der Waals surface area contributed by atoms with Gasteiger partial charge in [0, 0.05) is 12.5 Å². The van der Waals surface area contributed by atoms with E-state index in [9.17, 15) is 14.4 Å². The summed E-state index contributed by atoms with van der Waals surface area (Å²) in [5.41, 5.74) is 6.06. The van der Waals surface area contributed by atoms with E-state index in [1.54, 1.807) is 32.5 Å². The first-order chi connectivity index (χ1) is 11.3. The second kappa shape index (κ2) is 13.2. The second-order valence-corrected chi connectivity index (χ2v) is 6.87. The van der Waals surface area contributed by atoms with Crippen molar-refractivity contribution in [3.8, 4) is 0 Å². The van der Waals surface area contributed by atoms with Crippen molar-refractivity contribution in [2.75, 3.05) is 18.1 Å². The van der Waals surface area contributed by atoms with Crippen LogP contribution in [0.25, 0.3) is 0 Å². The summed E-state index contributed by atoms with van der Waals surface area (Å²) in [6.07, 6.45) is -0.656. The van der Waals surface area contributed by atoms with Crippen molar-refractivity contribution in [3.05, 3.63) is 0 Å². The molecule has 0 aromatic carbocycles. The van der Waals surface area contributed by atoms with Gasteiger partial charge in [0.1, 0.15) is 0 Å². The lowest BCUT2D eigenvalue weighted by Gasteiger charge is -2.25. The topological polar surface area (TPSA) is 108 Å². The second-order valence-electron chi connectivity index (χ2n) is 5.47. The largest absolute Gasteiger partial charge is 0.466 e. The molecule has 2 amide bonds. The van der Waals surface area contributed by atoms with Crippen LogP contribution >= 0.6 is 11.8 Å². The molecular weight excluding hydrogens is 332 g/mol. The fourth-order valence-electron chi connectivity index (χ4n) is 1.89. The zero-order valence-corrected chi connectivity index (χ0v) is 15.8. The molecule has 0 heterocycles. The van der Waals surface area contributed by atoms with E-state index in [2.05, 4.69) is 5.32 Å². The van der Waals surface area contributed by atoms with Gasteiger partial charge >= 0.3 is 5.97 Å². The van der Waals surface area contributed by atoms with Crippen LogP contribution in [0.4, 0.5) is 0 Å². The Bertz CT molecular complexity index is 404. The van der Waals surface area contributed by atoms with Crippen molar-refractivity contribution in [1.29, 1.82) is 0 Å². The molecule has 0 aliphatic heterocycles. The van der Waals surface area contributed by atoms with Crippen LogP contribution in [0, 0.1) is 0 Å². The molecule has 0 rings (SSSR count). The van der Waals surface area contributed by atoms with Gasteiger partial charge in [0.2, 0.25) is 5.91 Å². The summed E-state index contributed by atoms with van der Waals surface area (Å²) in [7, 11) is 0. The van der Waals surface area contributed by atoms with E-state index < -0.39 is 29.9 Å². The van der Waals surface area contributed by atoms with Crippen LogP contribution in [0.3, 0.4) is 0 Å². The van der Waals surface area contributed by atoms with Crippen LogP contribution in [-0.2, 0) is 23.9 Å². The van der Waals surface area contributed by atoms with Crippen molar-refractivity contribution in [2.24, 2.45) is 5.73 Å². The number of imide groups is 1. The third-order valence-corrected chi connectivity index (χ3v) is 3.92. The number of rotatable bonds is 12. The van der Waals surface area contributed by atoms with Crippen molar-refractivity contribution in [3.63, 3.8) is 0 Å². The molecule has 24 heavy (non-hydrogen) atoms. The van der Waals surface area contributed by atoms with Gasteiger partial charge in [0.05, 0.1) is 19.1 Å². The molecule has 0 spiro atoms. The Morgan fingerprint density at radius 3 is 2.38 bits per heavy atom. The van der Waals surface area contributed by atoms with E-state index in [0.29, 0.717) is 6.42 Å². The van der Waals surface area contributed by atoms with E-state index in [1.807, 2.05) is 6.92 Å². The molecule has 0 saturated carbocycles. The van der Waals surface area contributed by atoms with E-state index in [0.717, 1.165) is 11.5 Å². The zero-order valence-electron chi connectivity index (χ0n) is 15.0. The Balaban J connectivity index is 4.52. The van der Waals surface area contributed by atoms with Crippen molar-refractivity contribution in [2.45, 2.75) is 65.2 Å². The number of ether oxygens (including phenoxy) is 2. The maximum absolute atomic E-state index is 12.3. The Hall–Kier alpha value is -1.12. The summed E-state index contributed by atoms with van der Waals surface area (Å²) < 4.78 is 10.3. The molecule has 0 fully saturated rings. The Morgan fingerprint density at radius 2 is 1.83 bits per heavy atom. The predicted molar refractivity (Wildman–Crippen MR) is 94.6 cm³/mol. The molecule has 8 heteroatoms. The lowest BCUT2D eigenvalue weighted by Crippen LogP contribution is -2.50. The van der Waals surface area contributed by atoms with Gasteiger partial charge in [-0.25, -0.2) is 0 Å². The highest BCUT2D eigenvalue weighted by Crippen LogP contribution is 2.10. The third kappa shape index (κ3) is 10.6. The van der Waals surface area contributed by atoms with Gasteiger partial charge in [-0.1, -0.05) is 6.92 Å². The fraction of sp³-hybridized carbons (Fsp3) is 0.812. The normalized spacial score (nSPS) is 13.4. The summed E-state index contributed by atoms with van der Waals surface area (Å²) in [5.74, 6) is 0.219. The number of carbonyl (C=O) groups is 3. The van der Waals surface area contributed by atoms with Gasteiger partial charge in [-0.15, -0.1) is 0 Å². The Kier molecular flexibility index (Phi) is 12.6.